The molecule has 0 aromatic heterocycles. The average Bonchev–Trinajstić information content (AvgIpc) is 2.61. The van der Waals surface area contributed by atoms with Crippen molar-refractivity contribution in [3.05, 3.63) is 58.7 Å². The first-order valence-electron chi connectivity index (χ1n) is 9.55. The van der Waals surface area contributed by atoms with Crippen LogP contribution in [0.2, 0.25) is 0 Å². The van der Waals surface area contributed by atoms with Gasteiger partial charge in [0.05, 0.1) is 18.5 Å². The van der Waals surface area contributed by atoms with E-state index in [2.05, 4.69) is 5.32 Å². The van der Waals surface area contributed by atoms with E-state index in [1.165, 1.54) is 4.31 Å². The lowest BCUT2D eigenvalue weighted by atomic mass is 10.1. The molecule has 158 valence electrons. The standard InChI is InChI=1S/C22H30N2O4S/c1-15-8-10-21(18(4)13-15)28-12-11-23-22(25)19(5)24(29(6,26)27)20-14-16(2)7-9-17(20)3/h7-10,13-14,19H,11-12H2,1-6H3,(H,23,25)/t19-/m1/s1. The van der Waals surface area contributed by atoms with Gasteiger partial charge in [0.25, 0.3) is 0 Å². The molecule has 0 saturated carbocycles. The van der Waals surface area contributed by atoms with Gasteiger partial charge in [-0.05, 0) is 63.4 Å². The summed E-state index contributed by atoms with van der Waals surface area (Å²) in [4.78, 5) is 12.7. The van der Waals surface area contributed by atoms with E-state index < -0.39 is 16.1 Å². The van der Waals surface area contributed by atoms with Crippen molar-refractivity contribution >= 4 is 21.6 Å². The number of amides is 1. The third-order valence-electron chi connectivity index (χ3n) is 4.68. The van der Waals surface area contributed by atoms with Crippen LogP contribution in [-0.4, -0.2) is 39.8 Å². The number of ether oxygens (including phenoxy) is 1. The number of aryl methyl sites for hydroxylation is 4. The van der Waals surface area contributed by atoms with Crippen molar-refractivity contribution < 1.29 is 17.9 Å². The highest BCUT2D eigenvalue weighted by atomic mass is 32.2. The minimum Gasteiger partial charge on any atom is -0.491 e. The van der Waals surface area contributed by atoms with Crippen LogP contribution in [-0.2, 0) is 14.8 Å². The number of anilines is 1. The van der Waals surface area contributed by atoms with Crippen LogP contribution in [0.1, 0.15) is 29.2 Å². The number of sulfonamides is 1. The van der Waals surface area contributed by atoms with Crippen LogP contribution < -0.4 is 14.4 Å². The highest BCUT2D eigenvalue weighted by Crippen LogP contribution is 2.26. The molecule has 0 spiro atoms. The summed E-state index contributed by atoms with van der Waals surface area (Å²) in [5.74, 6) is 0.395. The number of nitrogens with zero attached hydrogens (tertiary/aromatic N) is 1. The summed E-state index contributed by atoms with van der Waals surface area (Å²) in [6, 6.07) is 10.6. The number of carbonyl (C=O) groups excluding carboxylic acids is 1. The lowest BCUT2D eigenvalue weighted by Gasteiger charge is -2.29. The third kappa shape index (κ3) is 5.97. The highest BCUT2D eigenvalue weighted by molar-refractivity contribution is 7.92. The second-order valence-electron chi connectivity index (χ2n) is 7.43. The summed E-state index contributed by atoms with van der Waals surface area (Å²) in [5.41, 5.74) is 4.42. The number of benzene rings is 2. The van der Waals surface area contributed by atoms with Crippen LogP contribution in [0.4, 0.5) is 5.69 Å². The van der Waals surface area contributed by atoms with Crippen molar-refractivity contribution in [1.82, 2.24) is 5.32 Å². The Balaban J connectivity index is 2.05. The summed E-state index contributed by atoms with van der Waals surface area (Å²) in [7, 11) is -3.64. The molecule has 0 aliphatic rings. The fourth-order valence-corrected chi connectivity index (χ4v) is 4.41. The molecular formula is C22H30N2O4S. The predicted octanol–water partition coefficient (Wildman–Crippen LogP) is 3.27. The SMILES string of the molecule is Cc1ccc(OCCNC(=O)[C@@H](C)N(c2cc(C)ccc2C)S(C)(=O)=O)c(C)c1. The Kier molecular flexibility index (Phi) is 7.30. The summed E-state index contributed by atoms with van der Waals surface area (Å²) in [5, 5.41) is 2.77. The molecule has 1 amide bonds. The van der Waals surface area contributed by atoms with E-state index in [0.29, 0.717) is 12.3 Å². The fraction of sp³-hybridized carbons (Fsp3) is 0.409. The van der Waals surface area contributed by atoms with Crippen LogP contribution >= 0.6 is 0 Å². The molecule has 2 aromatic carbocycles. The molecule has 0 bridgehead atoms. The largest absolute Gasteiger partial charge is 0.491 e. The van der Waals surface area contributed by atoms with Crippen LogP contribution in [0.5, 0.6) is 5.75 Å². The first kappa shape index (κ1) is 22.7. The number of rotatable bonds is 8. The van der Waals surface area contributed by atoms with Gasteiger partial charge < -0.3 is 10.1 Å². The molecule has 2 rings (SSSR count). The van der Waals surface area contributed by atoms with Crippen molar-refractivity contribution in [2.45, 2.75) is 40.7 Å². The lowest BCUT2D eigenvalue weighted by molar-refractivity contribution is -0.121. The number of carbonyl (C=O) groups is 1. The molecule has 0 fully saturated rings. The molecule has 0 heterocycles. The van der Waals surface area contributed by atoms with Gasteiger partial charge in [-0.1, -0.05) is 29.8 Å². The normalized spacial score (nSPS) is 12.3. The monoisotopic (exact) mass is 418 g/mol. The van der Waals surface area contributed by atoms with Crippen LogP contribution in [0.3, 0.4) is 0 Å². The van der Waals surface area contributed by atoms with E-state index >= 15 is 0 Å². The van der Waals surface area contributed by atoms with Gasteiger partial charge in [0.2, 0.25) is 15.9 Å². The van der Waals surface area contributed by atoms with Gasteiger partial charge >= 0.3 is 0 Å². The maximum absolute atomic E-state index is 12.7. The zero-order chi connectivity index (χ0) is 21.8. The first-order valence-corrected chi connectivity index (χ1v) is 11.4. The molecular weight excluding hydrogens is 388 g/mol. The van der Waals surface area contributed by atoms with Crippen LogP contribution in [0.15, 0.2) is 36.4 Å². The van der Waals surface area contributed by atoms with Crippen LogP contribution in [0.25, 0.3) is 0 Å². The van der Waals surface area contributed by atoms with Gasteiger partial charge in [0, 0.05) is 0 Å². The van der Waals surface area contributed by atoms with E-state index in [0.717, 1.165) is 34.3 Å². The van der Waals surface area contributed by atoms with Gasteiger partial charge in [-0.25, -0.2) is 8.42 Å². The van der Waals surface area contributed by atoms with Crippen LogP contribution in [0, 0.1) is 27.7 Å². The quantitative estimate of drug-likeness (QED) is 0.668. The molecule has 0 aliphatic heterocycles. The van der Waals surface area contributed by atoms with E-state index in [9.17, 15) is 13.2 Å². The Labute approximate surface area is 173 Å². The zero-order valence-electron chi connectivity index (χ0n) is 17.9. The van der Waals surface area contributed by atoms with Crippen molar-refractivity contribution in [2.24, 2.45) is 0 Å². The molecule has 2 aromatic rings. The number of nitrogens with one attached hydrogen (secondary N) is 1. The van der Waals surface area contributed by atoms with Gasteiger partial charge in [0.15, 0.2) is 0 Å². The Morgan fingerprint density at radius 3 is 2.28 bits per heavy atom. The minimum absolute atomic E-state index is 0.279. The maximum Gasteiger partial charge on any atom is 0.243 e. The van der Waals surface area contributed by atoms with Gasteiger partial charge in [0.1, 0.15) is 18.4 Å². The molecule has 0 unspecified atom stereocenters. The van der Waals surface area contributed by atoms with E-state index in [1.807, 2.05) is 58.0 Å². The zero-order valence-corrected chi connectivity index (χ0v) is 18.8. The summed E-state index contributed by atoms with van der Waals surface area (Å²) < 4.78 is 31.8. The van der Waals surface area contributed by atoms with Gasteiger partial charge in [-0.2, -0.15) is 0 Å². The fourth-order valence-electron chi connectivity index (χ4n) is 3.18. The number of hydrogen-bond donors (Lipinski definition) is 1. The lowest BCUT2D eigenvalue weighted by Crippen LogP contribution is -2.48. The van der Waals surface area contributed by atoms with E-state index in [-0.39, 0.29) is 12.5 Å². The molecule has 1 atom stereocenters. The van der Waals surface area contributed by atoms with Gasteiger partial charge in [-0.3, -0.25) is 9.10 Å². The van der Waals surface area contributed by atoms with Gasteiger partial charge in [-0.15, -0.1) is 0 Å². The van der Waals surface area contributed by atoms with E-state index in [1.54, 1.807) is 13.0 Å². The molecule has 1 N–H and O–H groups in total. The Morgan fingerprint density at radius 1 is 1.03 bits per heavy atom. The molecule has 7 heteroatoms. The summed E-state index contributed by atoms with van der Waals surface area (Å²) >= 11 is 0. The van der Waals surface area contributed by atoms with E-state index in [4.69, 9.17) is 4.74 Å². The number of hydrogen-bond acceptors (Lipinski definition) is 4. The highest BCUT2D eigenvalue weighted by Gasteiger charge is 2.30. The second kappa shape index (κ2) is 9.31. The summed E-state index contributed by atoms with van der Waals surface area (Å²) in [6.07, 6.45) is 1.11. The third-order valence-corrected chi connectivity index (χ3v) is 5.91. The average molecular weight is 419 g/mol. The molecule has 0 saturated heterocycles. The van der Waals surface area contributed by atoms with Crippen molar-refractivity contribution in [3.8, 4) is 5.75 Å². The second-order valence-corrected chi connectivity index (χ2v) is 9.29. The van der Waals surface area contributed by atoms with Crippen molar-refractivity contribution in [2.75, 3.05) is 23.7 Å². The van der Waals surface area contributed by atoms with Crippen molar-refractivity contribution in [3.63, 3.8) is 0 Å². The summed E-state index contributed by atoms with van der Waals surface area (Å²) in [6.45, 7) is 9.86. The first-order chi connectivity index (χ1) is 13.5. The van der Waals surface area contributed by atoms with Crippen molar-refractivity contribution in [1.29, 1.82) is 0 Å². The molecule has 29 heavy (non-hydrogen) atoms. The Bertz CT molecular complexity index is 986. The molecule has 6 nitrogen and oxygen atoms in total. The molecule has 0 radical (unpaired) electrons. The maximum atomic E-state index is 12.7. The predicted molar refractivity (Wildman–Crippen MR) is 117 cm³/mol. The Hall–Kier alpha value is -2.54. The Morgan fingerprint density at radius 2 is 1.66 bits per heavy atom. The smallest absolute Gasteiger partial charge is 0.243 e. The molecule has 0 aliphatic carbocycles. The minimum atomic E-state index is -3.64. The topological polar surface area (TPSA) is 75.7 Å².